The number of amides is 2. The first kappa shape index (κ1) is 27.1. The van der Waals surface area contributed by atoms with Crippen LogP contribution in [0.2, 0.25) is 0 Å². The zero-order chi connectivity index (χ0) is 24.6. The summed E-state index contributed by atoms with van der Waals surface area (Å²) in [6.07, 6.45) is 4.93. The Morgan fingerprint density at radius 3 is 2.42 bits per heavy atom. The molecule has 1 saturated heterocycles. The summed E-state index contributed by atoms with van der Waals surface area (Å²) in [5, 5.41) is 7.94. The smallest absolute Gasteiger partial charge is 0.279 e. The minimum Gasteiger partial charge on any atom is -0.493 e. The average molecular weight is 477 g/mol. The van der Waals surface area contributed by atoms with E-state index in [0.717, 1.165) is 60.3 Å². The second-order valence-electron chi connectivity index (χ2n) is 10.4. The molecule has 0 saturated carbocycles. The van der Waals surface area contributed by atoms with Gasteiger partial charge in [-0.15, -0.1) is 11.3 Å². The molecule has 2 heterocycles. The van der Waals surface area contributed by atoms with Crippen molar-refractivity contribution in [3.8, 4) is 0 Å². The summed E-state index contributed by atoms with van der Waals surface area (Å²) in [4.78, 5) is 26.4. The van der Waals surface area contributed by atoms with E-state index in [4.69, 9.17) is 4.74 Å². The Bertz CT molecular complexity index is 861. The Hall–Kier alpha value is -2.12. The Balaban J connectivity index is 1.93. The zero-order valence-electron chi connectivity index (χ0n) is 21.1. The van der Waals surface area contributed by atoms with E-state index >= 15 is 0 Å². The molecule has 0 aliphatic carbocycles. The number of hydrogen-bond donors (Lipinski definition) is 2. The third kappa shape index (κ3) is 8.97. The molecule has 0 aromatic carbocycles. The fourth-order valence-electron chi connectivity index (χ4n) is 4.43. The number of piperidine rings is 1. The highest BCUT2D eigenvalue weighted by Gasteiger charge is 2.33. The minimum absolute atomic E-state index is 0.0377. The summed E-state index contributed by atoms with van der Waals surface area (Å²) < 4.78 is 6.49. The zero-order valence-corrected chi connectivity index (χ0v) is 22.0. The molecular weight excluding hydrogens is 434 g/mol. The minimum atomic E-state index is -0.263. The third-order valence-corrected chi connectivity index (χ3v) is 6.76. The van der Waals surface area contributed by atoms with Crippen LogP contribution in [0.15, 0.2) is 29.9 Å². The van der Waals surface area contributed by atoms with Gasteiger partial charge < -0.3 is 19.9 Å². The topological polar surface area (TPSA) is 67.4 Å². The summed E-state index contributed by atoms with van der Waals surface area (Å²) in [6, 6.07) is 0. The standard InChI is InChI=1S/C26H41N3O3S/c1-19(2)16-29(14-9-8-10-15-29)17-22(30)28-23-20(3)18-33-24(23)25(31)27-13-11-12-21(4)32-26(5,6)7/h18H,1,4,8-17H2,2-3,5-7H3,(H-,27,28,30,31)/p+1. The number of hydrogen-bond acceptors (Lipinski definition) is 4. The number of ether oxygens (including phenoxy) is 1. The Kier molecular flexibility index (Phi) is 9.73. The molecule has 1 aliphatic rings. The van der Waals surface area contributed by atoms with E-state index < -0.39 is 0 Å². The largest absolute Gasteiger partial charge is 0.493 e. The van der Waals surface area contributed by atoms with Crippen molar-refractivity contribution in [2.24, 2.45) is 0 Å². The van der Waals surface area contributed by atoms with Crippen LogP contribution >= 0.6 is 11.3 Å². The molecule has 1 aliphatic heterocycles. The highest BCUT2D eigenvalue weighted by molar-refractivity contribution is 7.13. The monoisotopic (exact) mass is 476 g/mol. The molecule has 33 heavy (non-hydrogen) atoms. The van der Waals surface area contributed by atoms with Gasteiger partial charge in [-0.05, 0) is 76.8 Å². The van der Waals surface area contributed by atoms with E-state index in [1.54, 1.807) is 0 Å². The summed E-state index contributed by atoms with van der Waals surface area (Å²) >= 11 is 1.37. The lowest BCUT2D eigenvalue weighted by Crippen LogP contribution is -2.55. The summed E-state index contributed by atoms with van der Waals surface area (Å²) in [5.41, 5.74) is 2.39. The van der Waals surface area contributed by atoms with Crippen LogP contribution in [0.25, 0.3) is 0 Å². The molecule has 1 aromatic heterocycles. The fraction of sp³-hybridized carbons (Fsp3) is 0.615. The molecule has 1 aromatic rings. The molecule has 1 fully saturated rings. The van der Waals surface area contributed by atoms with Crippen LogP contribution in [-0.2, 0) is 9.53 Å². The molecule has 2 amide bonds. The molecule has 2 N–H and O–H groups in total. The number of likely N-dealkylation sites (tertiary alicyclic amines) is 1. The van der Waals surface area contributed by atoms with Gasteiger partial charge in [0.25, 0.3) is 11.8 Å². The molecule has 6 nitrogen and oxygen atoms in total. The van der Waals surface area contributed by atoms with E-state index in [1.165, 1.54) is 17.8 Å². The van der Waals surface area contributed by atoms with Gasteiger partial charge in [0, 0.05) is 13.0 Å². The van der Waals surface area contributed by atoms with Crippen molar-refractivity contribution in [3.05, 3.63) is 40.3 Å². The molecule has 0 atom stereocenters. The number of nitrogens with zero attached hydrogens (tertiary/aromatic N) is 1. The summed E-state index contributed by atoms with van der Waals surface area (Å²) in [7, 11) is 0. The summed E-state index contributed by atoms with van der Waals surface area (Å²) in [5.74, 6) is 0.528. The van der Waals surface area contributed by atoms with Crippen molar-refractivity contribution in [2.45, 2.75) is 72.3 Å². The molecule has 184 valence electrons. The van der Waals surface area contributed by atoms with Crippen LogP contribution in [0, 0.1) is 6.92 Å². The highest BCUT2D eigenvalue weighted by Crippen LogP contribution is 2.28. The molecule has 0 spiro atoms. The van der Waals surface area contributed by atoms with E-state index in [2.05, 4.69) is 23.8 Å². The lowest BCUT2D eigenvalue weighted by Gasteiger charge is -2.41. The second-order valence-corrected chi connectivity index (χ2v) is 11.3. The Labute approximate surface area is 203 Å². The van der Waals surface area contributed by atoms with E-state index in [0.29, 0.717) is 30.1 Å². The van der Waals surface area contributed by atoms with Crippen molar-refractivity contribution in [3.63, 3.8) is 0 Å². The van der Waals surface area contributed by atoms with Gasteiger partial charge in [-0.1, -0.05) is 13.2 Å². The highest BCUT2D eigenvalue weighted by atomic mass is 32.1. The van der Waals surface area contributed by atoms with Gasteiger partial charge >= 0.3 is 0 Å². The van der Waals surface area contributed by atoms with Crippen molar-refractivity contribution in [1.82, 2.24) is 5.32 Å². The predicted molar refractivity (Wildman–Crippen MR) is 138 cm³/mol. The molecular formula is C26H42N3O3S+. The molecule has 0 bridgehead atoms. The maximum atomic E-state index is 13.0. The van der Waals surface area contributed by atoms with Crippen LogP contribution in [0.4, 0.5) is 5.69 Å². The maximum Gasteiger partial charge on any atom is 0.279 e. The fourth-order valence-corrected chi connectivity index (χ4v) is 5.35. The first-order valence-electron chi connectivity index (χ1n) is 11.9. The van der Waals surface area contributed by atoms with Gasteiger partial charge in [0.15, 0.2) is 6.54 Å². The summed E-state index contributed by atoms with van der Waals surface area (Å²) in [6.45, 7) is 21.7. The van der Waals surface area contributed by atoms with Crippen LogP contribution in [0.3, 0.4) is 0 Å². The van der Waals surface area contributed by atoms with Crippen LogP contribution in [0.1, 0.15) is 75.0 Å². The Morgan fingerprint density at radius 1 is 1.15 bits per heavy atom. The van der Waals surface area contributed by atoms with Crippen molar-refractivity contribution < 1.29 is 18.8 Å². The number of nitrogens with one attached hydrogen (secondary N) is 2. The van der Waals surface area contributed by atoms with Gasteiger partial charge in [0.1, 0.15) is 17.0 Å². The second kappa shape index (κ2) is 11.8. The maximum absolute atomic E-state index is 13.0. The molecule has 0 radical (unpaired) electrons. The normalized spacial score (nSPS) is 15.5. The van der Waals surface area contributed by atoms with Crippen LogP contribution < -0.4 is 10.6 Å². The van der Waals surface area contributed by atoms with Gasteiger partial charge in [0.05, 0.1) is 24.5 Å². The van der Waals surface area contributed by atoms with E-state index in [1.807, 2.05) is 40.0 Å². The number of allylic oxidation sites excluding steroid dienone is 1. The number of carbonyl (C=O) groups excluding carboxylic acids is 2. The van der Waals surface area contributed by atoms with Crippen molar-refractivity contribution >= 4 is 28.8 Å². The molecule has 7 heteroatoms. The van der Waals surface area contributed by atoms with Crippen molar-refractivity contribution in [2.75, 3.05) is 38.0 Å². The lowest BCUT2D eigenvalue weighted by molar-refractivity contribution is -0.920. The predicted octanol–water partition coefficient (Wildman–Crippen LogP) is 5.41. The Morgan fingerprint density at radius 2 is 1.82 bits per heavy atom. The number of quaternary nitrogens is 1. The number of thiophene rings is 1. The van der Waals surface area contributed by atoms with E-state index in [9.17, 15) is 9.59 Å². The van der Waals surface area contributed by atoms with Gasteiger partial charge in [-0.3, -0.25) is 9.59 Å². The van der Waals surface area contributed by atoms with Crippen LogP contribution in [-0.4, -0.2) is 54.6 Å². The van der Waals surface area contributed by atoms with Gasteiger partial charge in [-0.25, -0.2) is 0 Å². The third-order valence-electron chi connectivity index (χ3n) is 5.66. The van der Waals surface area contributed by atoms with Crippen LogP contribution in [0.5, 0.6) is 0 Å². The average Bonchev–Trinajstić information content (AvgIpc) is 3.04. The molecule has 2 rings (SSSR count). The SMILES string of the molecule is C=C(C)C[N+]1(CC(=O)Nc2c(C)csc2C(=O)NCCCC(=C)OC(C)(C)C)CCCCC1. The first-order chi connectivity index (χ1) is 15.4. The number of rotatable bonds is 11. The number of carbonyl (C=O) groups is 2. The van der Waals surface area contributed by atoms with Gasteiger partial charge in [-0.2, -0.15) is 0 Å². The van der Waals surface area contributed by atoms with E-state index in [-0.39, 0.29) is 17.4 Å². The van der Waals surface area contributed by atoms with Crippen molar-refractivity contribution in [1.29, 1.82) is 0 Å². The number of aryl methyl sites for hydroxylation is 1. The lowest BCUT2D eigenvalue weighted by atomic mass is 10.1. The quantitative estimate of drug-likeness (QED) is 0.194. The molecule has 0 unspecified atom stereocenters. The van der Waals surface area contributed by atoms with Gasteiger partial charge in [0.2, 0.25) is 0 Å². The number of anilines is 1. The first-order valence-corrected chi connectivity index (χ1v) is 12.8.